The molecule has 2 aliphatic rings. The number of hydrogen-bond acceptors (Lipinski definition) is 8. The number of carbonyl (C=O) groups is 1. The minimum absolute atomic E-state index is 0. The summed E-state index contributed by atoms with van der Waals surface area (Å²) in [6.45, 7) is 4.95. The molecule has 1 aliphatic carbocycles. The number of rotatable bonds is 8. The number of amides is 1. The van der Waals surface area contributed by atoms with Crippen molar-refractivity contribution in [1.82, 2.24) is 20.2 Å². The molecule has 204 valence electrons. The third-order valence-corrected chi connectivity index (χ3v) is 7.81. The maximum absolute atomic E-state index is 11.7. The Kier molecular flexibility index (Phi) is 8.39. The summed E-state index contributed by atoms with van der Waals surface area (Å²) in [7, 11) is 0. The highest BCUT2D eigenvalue weighted by molar-refractivity contribution is 7.99. The molecular formula is C27H43N7O2S. The van der Waals surface area contributed by atoms with E-state index < -0.39 is 5.60 Å². The Balaban J connectivity index is 0.00000200. The van der Waals surface area contributed by atoms with Crippen LogP contribution in [0.1, 0.15) is 62.8 Å². The predicted octanol–water partition coefficient (Wildman–Crippen LogP) is 6.26. The zero-order valence-corrected chi connectivity index (χ0v) is 21.6. The molecule has 1 saturated carbocycles. The van der Waals surface area contributed by atoms with Gasteiger partial charge in [0.25, 0.3) is 0 Å². The Hall–Kier alpha value is -3.11. The van der Waals surface area contributed by atoms with Crippen LogP contribution < -0.4 is 15.5 Å². The molecule has 1 saturated heterocycles. The Morgan fingerprint density at radius 3 is 2.54 bits per heavy atom. The summed E-state index contributed by atoms with van der Waals surface area (Å²) < 4.78 is 0. The summed E-state index contributed by atoms with van der Waals surface area (Å²) in [6.07, 6.45) is 6.34. The summed E-state index contributed by atoms with van der Waals surface area (Å²) in [6, 6.07) is 11.5. The minimum Gasteiger partial charge on any atom is -0.386 e. The maximum Gasteiger partial charge on any atom is 0.224 e. The van der Waals surface area contributed by atoms with Crippen molar-refractivity contribution in [3.63, 3.8) is 0 Å². The number of hydrogen-bond donors (Lipinski definition) is 4. The van der Waals surface area contributed by atoms with Gasteiger partial charge in [-0.2, -0.15) is 5.10 Å². The number of aromatic amines is 1. The molecule has 0 radical (unpaired) electrons. The fourth-order valence-corrected chi connectivity index (χ4v) is 5.70. The summed E-state index contributed by atoms with van der Waals surface area (Å²) in [5, 5.41) is 25.2. The van der Waals surface area contributed by atoms with E-state index in [0.29, 0.717) is 42.2 Å². The van der Waals surface area contributed by atoms with Gasteiger partial charge in [0.15, 0.2) is 11.0 Å². The molecule has 5 rings (SSSR count). The number of carbonyl (C=O) groups excluding carboxylic acids is 1. The van der Waals surface area contributed by atoms with Gasteiger partial charge in [0.2, 0.25) is 5.91 Å². The predicted molar refractivity (Wildman–Crippen MR) is 155 cm³/mol. The van der Waals surface area contributed by atoms with Crippen molar-refractivity contribution in [2.75, 3.05) is 28.6 Å². The van der Waals surface area contributed by atoms with Gasteiger partial charge in [-0.3, -0.25) is 9.89 Å². The van der Waals surface area contributed by atoms with Crippen molar-refractivity contribution < 1.29 is 14.2 Å². The molecule has 9 nitrogen and oxygen atoms in total. The van der Waals surface area contributed by atoms with Crippen LogP contribution in [0.2, 0.25) is 0 Å². The van der Waals surface area contributed by atoms with Crippen LogP contribution in [0.3, 0.4) is 0 Å². The Bertz CT molecular complexity index is 1220. The SMILES string of the molecule is C.CCC(=O)Nc1ccc(Sc2nc(Nc3cc(C)[nH]n3)cc(N3CC(O)(C4CCCCC4)C3)n2)cc1.[HH].[HH].[HH]. The van der Waals surface area contributed by atoms with E-state index in [0.717, 1.165) is 34.9 Å². The summed E-state index contributed by atoms with van der Waals surface area (Å²) in [5.41, 5.74) is 1.08. The molecule has 0 spiro atoms. The molecule has 3 aromatic rings. The van der Waals surface area contributed by atoms with Crippen LogP contribution in [0, 0.1) is 12.8 Å². The second kappa shape index (κ2) is 11.5. The molecule has 1 amide bonds. The molecule has 0 atom stereocenters. The fourth-order valence-electron chi connectivity index (χ4n) is 4.93. The lowest BCUT2D eigenvalue weighted by Gasteiger charge is -2.52. The van der Waals surface area contributed by atoms with Crippen molar-refractivity contribution >= 4 is 40.8 Å². The highest BCUT2D eigenvalue weighted by Gasteiger charge is 2.48. The lowest BCUT2D eigenvalue weighted by molar-refractivity contribution is -0.115. The van der Waals surface area contributed by atoms with Gasteiger partial charge in [0.1, 0.15) is 17.2 Å². The van der Waals surface area contributed by atoms with Gasteiger partial charge in [0.05, 0.1) is 13.1 Å². The van der Waals surface area contributed by atoms with Crippen molar-refractivity contribution in [3.05, 3.63) is 42.1 Å². The van der Waals surface area contributed by atoms with Crippen LogP contribution in [0.15, 0.2) is 46.5 Å². The van der Waals surface area contributed by atoms with E-state index in [1.807, 2.05) is 50.2 Å². The van der Waals surface area contributed by atoms with Gasteiger partial charge < -0.3 is 20.6 Å². The number of H-pyrrole nitrogens is 1. The van der Waals surface area contributed by atoms with E-state index in [2.05, 4.69) is 25.7 Å². The Morgan fingerprint density at radius 2 is 1.89 bits per heavy atom. The molecule has 0 unspecified atom stereocenters. The van der Waals surface area contributed by atoms with Crippen LogP contribution >= 0.6 is 11.8 Å². The summed E-state index contributed by atoms with van der Waals surface area (Å²) in [5.74, 6) is 2.47. The van der Waals surface area contributed by atoms with Gasteiger partial charge in [0, 0.05) is 39.1 Å². The lowest BCUT2D eigenvalue weighted by Crippen LogP contribution is -2.66. The molecule has 2 aromatic heterocycles. The van der Waals surface area contributed by atoms with E-state index in [9.17, 15) is 9.90 Å². The van der Waals surface area contributed by atoms with E-state index in [-0.39, 0.29) is 17.6 Å². The monoisotopic (exact) mass is 529 g/mol. The first-order valence-electron chi connectivity index (χ1n) is 12.6. The van der Waals surface area contributed by atoms with Gasteiger partial charge in [-0.15, -0.1) is 0 Å². The van der Waals surface area contributed by atoms with Crippen molar-refractivity contribution in [1.29, 1.82) is 0 Å². The van der Waals surface area contributed by atoms with Crippen molar-refractivity contribution in [2.45, 2.75) is 75.5 Å². The molecule has 10 heteroatoms. The van der Waals surface area contributed by atoms with Crippen LogP contribution in [0.5, 0.6) is 0 Å². The summed E-state index contributed by atoms with van der Waals surface area (Å²) >= 11 is 1.45. The minimum atomic E-state index is -0.635. The maximum atomic E-state index is 11.7. The van der Waals surface area contributed by atoms with E-state index in [1.54, 1.807) is 0 Å². The normalized spacial score (nSPS) is 17.0. The second-order valence-electron chi connectivity index (χ2n) is 9.78. The van der Waals surface area contributed by atoms with Crippen molar-refractivity contribution in [2.24, 2.45) is 5.92 Å². The van der Waals surface area contributed by atoms with Gasteiger partial charge in [-0.05, 0) is 61.7 Å². The second-order valence-corrected chi connectivity index (χ2v) is 10.8. The highest BCUT2D eigenvalue weighted by Crippen LogP contribution is 2.40. The first-order valence-corrected chi connectivity index (χ1v) is 13.4. The van der Waals surface area contributed by atoms with Gasteiger partial charge >= 0.3 is 0 Å². The fraction of sp³-hybridized carbons (Fsp3) is 0.481. The standard InChI is InChI=1S/C26H33N7O2S.CH4.3H2/c1-3-24(34)27-19-9-11-20(12-10-19)36-25-29-21(28-22-13-17(2)31-32-22)14-23(30-25)33-15-26(35,16-33)18-7-5-4-6-8-18;;;;/h9-14,18,35H,3-8,15-16H2,1-2H3,(H,27,34)(H2,28,29,30,31,32);1H4;3*1H. The molecule has 4 N–H and O–H groups in total. The lowest BCUT2D eigenvalue weighted by atomic mass is 9.73. The number of benzene rings is 1. The van der Waals surface area contributed by atoms with Crippen molar-refractivity contribution in [3.8, 4) is 0 Å². The molecule has 1 aliphatic heterocycles. The summed E-state index contributed by atoms with van der Waals surface area (Å²) in [4.78, 5) is 24.3. The van der Waals surface area contributed by atoms with E-state index >= 15 is 0 Å². The van der Waals surface area contributed by atoms with E-state index in [4.69, 9.17) is 9.97 Å². The number of aryl methyl sites for hydroxylation is 1. The van der Waals surface area contributed by atoms with Crippen LogP contribution in [-0.4, -0.2) is 49.9 Å². The molecule has 2 fully saturated rings. The zero-order chi connectivity index (χ0) is 25.1. The topological polar surface area (TPSA) is 119 Å². The Morgan fingerprint density at radius 1 is 1.16 bits per heavy atom. The molecule has 3 heterocycles. The molecule has 37 heavy (non-hydrogen) atoms. The number of aromatic nitrogens is 4. The van der Waals surface area contributed by atoms with Crippen LogP contribution in [0.25, 0.3) is 0 Å². The van der Waals surface area contributed by atoms with Crippen LogP contribution in [0.4, 0.5) is 23.1 Å². The number of β-amino-alcohol motifs (C(OH)–C–C–N with tert-alkyl or cyclic N) is 1. The molecule has 0 bridgehead atoms. The highest BCUT2D eigenvalue weighted by atomic mass is 32.2. The number of aliphatic hydroxyl groups is 1. The van der Waals surface area contributed by atoms with Crippen LogP contribution in [-0.2, 0) is 4.79 Å². The third kappa shape index (κ3) is 6.42. The quantitative estimate of drug-likeness (QED) is 0.253. The first kappa shape index (κ1) is 26.9. The van der Waals surface area contributed by atoms with Gasteiger partial charge in [-0.1, -0.05) is 33.6 Å². The van der Waals surface area contributed by atoms with Gasteiger partial charge in [-0.25, -0.2) is 9.97 Å². The number of nitrogens with zero attached hydrogens (tertiary/aromatic N) is 4. The Labute approximate surface area is 227 Å². The number of anilines is 4. The smallest absolute Gasteiger partial charge is 0.224 e. The van der Waals surface area contributed by atoms with E-state index in [1.165, 1.54) is 31.0 Å². The largest absolute Gasteiger partial charge is 0.386 e. The first-order chi connectivity index (χ1) is 17.4. The number of nitrogens with one attached hydrogen (secondary N) is 3. The zero-order valence-electron chi connectivity index (χ0n) is 20.8. The average Bonchev–Trinajstić information content (AvgIpc) is 3.27. The molecule has 1 aromatic carbocycles. The third-order valence-electron chi connectivity index (χ3n) is 6.94. The average molecular weight is 530 g/mol. The molecular weight excluding hydrogens is 486 g/mol.